The first-order valence-electron chi connectivity index (χ1n) is 4.80. The number of carbonyl (C=O) groups excluding carboxylic acids is 1. The lowest BCUT2D eigenvalue weighted by atomic mass is 10.1. The minimum atomic E-state index is -3.28. The van der Waals surface area contributed by atoms with Gasteiger partial charge >= 0.3 is 0 Å². The Kier molecular flexibility index (Phi) is 4.97. The van der Waals surface area contributed by atoms with E-state index in [4.69, 9.17) is 0 Å². The van der Waals surface area contributed by atoms with Gasteiger partial charge in [0.05, 0.1) is 10.6 Å². The number of alkyl halides is 1. The van der Waals surface area contributed by atoms with Gasteiger partial charge in [0.1, 0.15) is 0 Å². The molecule has 0 spiro atoms. The number of nitrogens with one attached hydrogen (secondary N) is 2. The van der Waals surface area contributed by atoms with Crippen LogP contribution in [0.15, 0.2) is 0 Å². The Balaban J connectivity index is 4.36. The van der Waals surface area contributed by atoms with E-state index >= 15 is 0 Å². The Bertz CT molecular complexity index is 357. The molecule has 0 bridgehead atoms. The minimum absolute atomic E-state index is 0.184. The molecular formula is C9H19BrN2O3S. The first-order chi connectivity index (χ1) is 6.83. The SMILES string of the molecule is CC(C)(CNC(=O)C(C)(C)Br)NS(C)(=O)=O. The third-order valence-electron chi connectivity index (χ3n) is 1.69. The van der Waals surface area contributed by atoms with Crippen molar-refractivity contribution >= 4 is 31.9 Å². The number of amides is 1. The van der Waals surface area contributed by atoms with Gasteiger partial charge in [-0.2, -0.15) is 0 Å². The highest BCUT2D eigenvalue weighted by Crippen LogP contribution is 2.15. The summed E-state index contributed by atoms with van der Waals surface area (Å²) in [6.07, 6.45) is 1.09. The number of carbonyl (C=O) groups is 1. The van der Waals surface area contributed by atoms with Crippen LogP contribution in [0, 0.1) is 0 Å². The van der Waals surface area contributed by atoms with Crippen molar-refractivity contribution in [2.75, 3.05) is 12.8 Å². The topological polar surface area (TPSA) is 75.3 Å². The molecule has 2 N–H and O–H groups in total. The molecule has 7 heteroatoms. The van der Waals surface area contributed by atoms with Crippen LogP contribution in [0.2, 0.25) is 0 Å². The zero-order valence-corrected chi connectivity index (χ0v) is 12.6. The Labute approximate surface area is 106 Å². The molecule has 0 heterocycles. The van der Waals surface area contributed by atoms with Crippen molar-refractivity contribution < 1.29 is 13.2 Å². The van der Waals surface area contributed by atoms with Crippen molar-refractivity contribution in [2.24, 2.45) is 0 Å². The first-order valence-corrected chi connectivity index (χ1v) is 7.48. The number of hydrogen-bond acceptors (Lipinski definition) is 3. The number of sulfonamides is 1. The average molecular weight is 315 g/mol. The second kappa shape index (κ2) is 5.01. The highest BCUT2D eigenvalue weighted by Gasteiger charge is 2.27. The lowest BCUT2D eigenvalue weighted by Crippen LogP contribution is -2.53. The molecule has 5 nitrogen and oxygen atoms in total. The largest absolute Gasteiger partial charge is 0.353 e. The molecule has 0 saturated carbocycles. The van der Waals surface area contributed by atoms with Crippen molar-refractivity contribution in [2.45, 2.75) is 37.6 Å². The van der Waals surface area contributed by atoms with Crippen molar-refractivity contribution in [3.05, 3.63) is 0 Å². The highest BCUT2D eigenvalue weighted by atomic mass is 79.9. The van der Waals surface area contributed by atoms with E-state index in [9.17, 15) is 13.2 Å². The van der Waals surface area contributed by atoms with Crippen LogP contribution in [0.3, 0.4) is 0 Å². The summed E-state index contributed by atoms with van der Waals surface area (Å²) >= 11 is 3.22. The maximum atomic E-state index is 11.5. The normalized spacial score (nSPS) is 13.6. The van der Waals surface area contributed by atoms with Crippen molar-refractivity contribution in [3.63, 3.8) is 0 Å². The number of halogens is 1. The van der Waals surface area contributed by atoms with Crippen LogP contribution in [0.1, 0.15) is 27.7 Å². The zero-order chi connectivity index (χ0) is 13.2. The van der Waals surface area contributed by atoms with Gasteiger partial charge in [0.25, 0.3) is 0 Å². The van der Waals surface area contributed by atoms with Gasteiger partial charge in [0, 0.05) is 12.1 Å². The summed E-state index contributed by atoms with van der Waals surface area (Å²) in [5.74, 6) is -0.184. The van der Waals surface area contributed by atoms with Crippen LogP contribution in [0.4, 0.5) is 0 Å². The van der Waals surface area contributed by atoms with Gasteiger partial charge in [-0.15, -0.1) is 0 Å². The molecule has 0 aliphatic rings. The average Bonchev–Trinajstić information content (AvgIpc) is 1.93. The van der Waals surface area contributed by atoms with E-state index in [0.717, 1.165) is 6.26 Å². The van der Waals surface area contributed by atoms with Gasteiger partial charge < -0.3 is 5.32 Å². The Morgan fingerprint density at radius 2 is 1.69 bits per heavy atom. The molecule has 0 aromatic carbocycles. The summed E-state index contributed by atoms with van der Waals surface area (Å²) in [4.78, 5) is 11.5. The van der Waals surface area contributed by atoms with Crippen LogP contribution < -0.4 is 10.0 Å². The van der Waals surface area contributed by atoms with Crippen LogP contribution in [0.25, 0.3) is 0 Å². The van der Waals surface area contributed by atoms with Crippen LogP contribution >= 0.6 is 15.9 Å². The van der Waals surface area contributed by atoms with Gasteiger partial charge in [-0.1, -0.05) is 15.9 Å². The summed E-state index contributed by atoms with van der Waals surface area (Å²) in [6.45, 7) is 7.08. The van der Waals surface area contributed by atoms with Crippen molar-refractivity contribution in [3.8, 4) is 0 Å². The van der Waals surface area contributed by atoms with Crippen LogP contribution in [-0.4, -0.2) is 37.0 Å². The predicted molar refractivity (Wildman–Crippen MR) is 68.1 cm³/mol. The molecule has 0 unspecified atom stereocenters. The Morgan fingerprint density at radius 3 is 2.00 bits per heavy atom. The molecule has 0 aromatic rings. The maximum absolute atomic E-state index is 11.5. The molecule has 0 fully saturated rings. The highest BCUT2D eigenvalue weighted by molar-refractivity contribution is 9.10. The lowest BCUT2D eigenvalue weighted by Gasteiger charge is -2.27. The van der Waals surface area contributed by atoms with E-state index in [1.807, 2.05) is 0 Å². The molecule has 96 valence electrons. The molecule has 0 saturated heterocycles. The minimum Gasteiger partial charge on any atom is -0.353 e. The fraction of sp³-hybridized carbons (Fsp3) is 0.889. The van der Waals surface area contributed by atoms with Gasteiger partial charge in [-0.05, 0) is 27.7 Å². The standard InChI is InChI=1S/C9H19BrN2O3S/c1-8(2,12-16(5,14)15)6-11-7(13)9(3,4)10/h12H,6H2,1-5H3,(H,11,13). The van der Waals surface area contributed by atoms with Gasteiger partial charge in [-0.25, -0.2) is 13.1 Å². The first kappa shape index (κ1) is 15.9. The van der Waals surface area contributed by atoms with Crippen LogP contribution in [0.5, 0.6) is 0 Å². The monoisotopic (exact) mass is 314 g/mol. The molecule has 0 rings (SSSR count). The van der Waals surface area contributed by atoms with E-state index < -0.39 is 19.9 Å². The maximum Gasteiger partial charge on any atom is 0.236 e. The Hall–Kier alpha value is -0.140. The molecule has 0 aliphatic heterocycles. The summed E-state index contributed by atoms with van der Waals surface area (Å²) in [5, 5.41) is 2.67. The fourth-order valence-electron chi connectivity index (χ4n) is 1.05. The smallest absolute Gasteiger partial charge is 0.236 e. The third-order valence-corrected chi connectivity index (χ3v) is 2.98. The summed E-state index contributed by atoms with van der Waals surface area (Å²) < 4.78 is 23.9. The third kappa shape index (κ3) is 7.19. The predicted octanol–water partition coefficient (Wildman–Crippen LogP) is 0.604. The summed E-state index contributed by atoms with van der Waals surface area (Å²) in [6, 6.07) is 0. The van der Waals surface area contributed by atoms with Crippen molar-refractivity contribution in [1.29, 1.82) is 0 Å². The molecule has 16 heavy (non-hydrogen) atoms. The molecular weight excluding hydrogens is 296 g/mol. The van der Waals surface area contributed by atoms with E-state index in [1.54, 1.807) is 27.7 Å². The summed E-state index contributed by atoms with van der Waals surface area (Å²) in [5.41, 5.74) is -0.707. The van der Waals surface area contributed by atoms with Gasteiger partial charge in [-0.3, -0.25) is 4.79 Å². The second-order valence-electron chi connectivity index (χ2n) is 4.91. The van der Waals surface area contributed by atoms with E-state index in [0.29, 0.717) is 0 Å². The second-order valence-corrected chi connectivity index (χ2v) is 8.64. The summed E-state index contributed by atoms with van der Waals surface area (Å²) in [7, 11) is -3.28. The molecule has 0 aliphatic carbocycles. The molecule has 0 aromatic heterocycles. The van der Waals surface area contributed by atoms with E-state index in [1.165, 1.54) is 0 Å². The quantitative estimate of drug-likeness (QED) is 0.730. The fourth-order valence-corrected chi connectivity index (χ4v) is 2.27. The lowest BCUT2D eigenvalue weighted by molar-refractivity contribution is -0.122. The number of rotatable bonds is 5. The van der Waals surface area contributed by atoms with E-state index in [-0.39, 0.29) is 12.5 Å². The molecule has 0 atom stereocenters. The Morgan fingerprint density at radius 1 is 1.25 bits per heavy atom. The zero-order valence-electron chi connectivity index (χ0n) is 10.2. The van der Waals surface area contributed by atoms with Crippen LogP contribution in [-0.2, 0) is 14.8 Å². The molecule has 0 radical (unpaired) electrons. The number of hydrogen-bond donors (Lipinski definition) is 2. The van der Waals surface area contributed by atoms with E-state index in [2.05, 4.69) is 26.0 Å². The van der Waals surface area contributed by atoms with Gasteiger partial charge in [0.2, 0.25) is 15.9 Å². The van der Waals surface area contributed by atoms with Crippen molar-refractivity contribution in [1.82, 2.24) is 10.0 Å². The van der Waals surface area contributed by atoms with Gasteiger partial charge in [0.15, 0.2) is 0 Å². The molecule has 1 amide bonds.